The minimum Gasteiger partial charge on any atom is -0.507 e. The van der Waals surface area contributed by atoms with Gasteiger partial charge in [0.25, 0.3) is 5.91 Å². The first-order valence-corrected chi connectivity index (χ1v) is 15.6. The third kappa shape index (κ3) is 5.62. The van der Waals surface area contributed by atoms with E-state index in [0.717, 1.165) is 0 Å². The summed E-state index contributed by atoms with van der Waals surface area (Å²) in [5.41, 5.74) is 5.83. The number of ether oxygens (including phenoxy) is 3. The van der Waals surface area contributed by atoms with Crippen molar-refractivity contribution < 1.29 is 49.0 Å². The molecule has 14 heteroatoms. The molecule has 6 atom stereocenters. The predicted molar refractivity (Wildman–Crippen MR) is 172 cm³/mol. The van der Waals surface area contributed by atoms with Gasteiger partial charge in [-0.1, -0.05) is 23.7 Å². The molecule has 6 rings (SSSR count). The smallest absolute Gasteiger partial charge is 0.271 e. The van der Waals surface area contributed by atoms with Crippen LogP contribution in [-0.4, -0.2) is 80.9 Å². The maximum Gasteiger partial charge on any atom is 0.271 e. The number of aliphatic hydroxyl groups is 2. The minimum absolute atomic E-state index is 0.0169. The van der Waals surface area contributed by atoms with Crippen molar-refractivity contribution in [1.82, 2.24) is 5.43 Å². The zero-order valence-electron chi connectivity index (χ0n) is 26.2. The van der Waals surface area contributed by atoms with Gasteiger partial charge in [-0.3, -0.25) is 14.4 Å². The van der Waals surface area contributed by atoms with Crippen molar-refractivity contribution in [2.75, 3.05) is 7.11 Å². The van der Waals surface area contributed by atoms with Crippen LogP contribution in [-0.2, 0) is 15.9 Å². The maximum absolute atomic E-state index is 13.9. The molecule has 252 valence electrons. The van der Waals surface area contributed by atoms with Crippen LogP contribution >= 0.6 is 11.6 Å². The molecule has 1 aliphatic heterocycles. The Morgan fingerprint density at radius 2 is 1.77 bits per heavy atom. The predicted octanol–water partition coefficient (Wildman–Crippen LogP) is 2.90. The molecule has 1 fully saturated rings. The molecule has 2 aliphatic carbocycles. The molecule has 0 saturated carbocycles. The molecule has 13 nitrogen and oxygen atoms in total. The van der Waals surface area contributed by atoms with Crippen LogP contribution < -0.4 is 15.9 Å². The normalized spacial score (nSPS) is 26.7. The van der Waals surface area contributed by atoms with Crippen LogP contribution in [0.1, 0.15) is 86.1 Å². The lowest BCUT2D eigenvalue weighted by molar-refractivity contribution is -0.245. The molecule has 0 spiro atoms. The highest BCUT2D eigenvalue weighted by molar-refractivity contribution is 6.31. The minimum atomic E-state index is -1.91. The van der Waals surface area contributed by atoms with Gasteiger partial charge in [0, 0.05) is 52.6 Å². The van der Waals surface area contributed by atoms with Crippen LogP contribution in [0.15, 0.2) is 47.6 Å². The van der Waals surface area contributed by atoms with Gasteiger partial charge in [0.2, 0.25) is 5.78 Å². The third-order valence-corrected chi connectivity index (χ3v) is 9.50. The van der Waals surface area contributed by atoms with Crippen LogP contribution in [0.5, 0.6) is 17.2 Å². The second-order valence-corrected chi connectivity index (χ2v) is 12.7. The number of ketones is 2. The van der Waals surface area contributed by atoms with E-state index in [1.807, 2.05) is 0 Å². The van der Waals surface area contributed by atoms with E-state index in [1.54, 1.807) is 6.92 Å². The molecule has 7 N–H and O–H groups in total. The Labute approximate surface area is 279 Å². The molecule has 3 aromatic rings. The lowest BCUT2D eigenvalue weighted by Gasteiger charge is -2.42. The summed E-state index contributed by atoms with van der Waals surface area (Å²) in [4.78, 5) is 40.5. The second-order valence-electron chi connectivity index (χ2n) is 12.2. The highest BCUT2D eigenvalue weighted by atomic mass is 35.5. The Morgan fingerprint density at radius 1 is 1.08 bits per heavy atom. The van der Waals surface area contributed by atoms with Crippen molar-refractivity contribution in [3.8, 4) is 17.2 Å². The zero-order chi connectivity index (χ0) is 34.7. The van der Waals surface area contributed by atoms with Crippen LogP contribution in [0.25, 0.3) is 0 Å². The van der Waals surface area contributed by atoms with Crippen molar-refractivity contribution in [2.24, 2.45) is 10.8 Å². The number of aliphatic hydroxyl groups excluding tert-OH is 1. The van der Waals surface area contributed by atoms with E-state index in [2.05, 4.69) is 10.5 Å². The Hall–Kier alpha value is -4.37. The molecule has 0 bridgehead atoms. The van der Waals surface area contributed by atoms with Gasteiger partial charge in [-0.25, -0.2) is 5.43 Å². The highest BCUT2D eigenvalue weighted by Crippen LogP contribution is 2.52. The number of hydrazone groups is 1. The van der Waals surface area contributed by atoms with Gasteiger partial charge in [0.1, 0.15) is 22.8 Å². The fourth-order valence-electron chi connectivity index (χ4n) is 6.57. The number of hydrogen-bond donors (Lipinski definition) is 6. The number of hydrogen-bond acceptors (Lipinski definition) is 12. The van der Waals surface area contributed by atoms with Gasteiger partial charge >= 0.3 is 0 Å². The second kappa shape index (κ2) is 12.6. The molecule has 1 amide bonds. The SMILES string of the molecule is COc1cccc2c1C(=O)c1c(O)c3c(c(O)c1C2=O)C[C@@](O)(/C(C)=N/NC(=O)c1ccc(Cl)cc1)C[C@@H]3O[C@H]1C[C@H](N)[C@H](O)[C@H](C)O1. The number of rotatable bonds is 6. The molecule has 0 aromatic heterocycles. The average Bonchev–Trinajstić information content (AvgIpc) is 3.06. The number of carbonyl (C=O) groups is 3. The number of phenols is 2. The Kier molecular flexibility index (Phi) is 8.79. The number of aromatic hydroxyl groups is 2. The largest absolute Gasteiger partial charge is 0.507 e. The van der Waals surface area contributed by atoms with Gasteiger partial charge in [-0.15, -0.1) is 0 Å². The Balaban J connectivity index is 1.44. The average molecular weight is 680 g/mol. The molecule has 3 aromatic carbocycles. The van der Waals surface area contributed by atoms with Gasteiger partial charge in [0.05, 0.1) is 47.8 Å². The van der Waals surface area contributed by atoms with E-state index in [0.29, 0.717) is 5.02 Å². The third-order valence-electron chi connectivity index (χ3n) is 9.25. The summed E-state index contributed by atoms with van der Waals surface area (Å²) in [5.74, 6) is -3.19. The quantitative estimate of drug-likeness (QED) is 0.0991. The van der Waals surface area contributed by atoms with E-state index >= 15 is 0 Å². The topological polar surface area (TPSA) is 210 Å². The molecule has 48 heavy (non-hydrogen) atoms. The lowest BCUT2D eigenvalue weighted by atomic mass is 9.71. The summed E-state index contributed by atoms with van der Waals surface area (Å²) in [6.07, 6.45) is -4.60. The van der Waals surface area contributed by atoms with Crippen LogP contribution in [0.2, 0.25) is 5.02 Å². The number of nitrogens with one attached hydrogen (secondary N) is 1. The van der Waals surface area contributed by atoms with Crippen molar-refractivity contribution in [1.29, 1.82) is 0 Å². The molecule has 3 aliphatic rings. The van der Waals surface area contributed by atoms with Gasteiger partial charge in [-0.2, -0.15) is 5.10 Å². The van der Waals surface area contributed by atoms with Crippen molar-refractivity contribution in [3.63, 3.8) is 0 Å². The number of carbonyl (C=O) groups excluding carboxylic acids is 3. The molecular formula is C34H34ClN3O10. The van der Waals surface area contributed by atoms with Gasteiger partial charge < -0.3 is 40.4 Å². The number of benzene rings is 3. The summed E-state index contributed by atoms with van der Waals surface area (Å²) >= 11 is 5.92. The fourth-order valence-corrected chi connectivity index (χ4v) is 6.70. The molecule has 0 unspecified atom stereocenters. The van der Waals surface area contributed by atoms with E-state index in [-0.39, 0.29) is 58.5 Å². The molecule has 1 saturated heterocycles. The zero-order valence-corrected chi connectivity index (χ0v) is 26.9. The Bertz CT molecular complexity index is 1850. The summed E-state index contributed by atoms with van der Waals surface area (Å²) in [6, 6.07) is 9.80. The fraction of sp³-hybridized carbons (Fsp3) is 0.353. The van der Waals surface area contributed by atoms with Crippen molar-refractivity contribution in [3.05, 3.63) is 86.4 Å². The molecular weight excluding hydrogens is 646 g/mol. The number of nitrogens with two attached hydrogens (primary N) is 1. The van der Waals surface area contributed by atoms with Crippen LogP contribution in [0, 0.1) is 0 Å². The van der Waals surface area contributed by atoms with Crippen LogP contribution in [0.3, 0.4) is 0 Å². The summed E-state index contributed by atoms with van der Waals surface area (Å²) in [5, 5.41) is 50.4. The number of methoxy groups -OCH3 is 1. The maximum atomic E-state index is 13.9. The number of halogens is 1. The highest BCUT2D eigenvalue weighted by Gasteiger charge is 2.49. The van der Waals surface area contributed by atoms with Crippen molar-refractivity contribution >= 4 is 34.8 Å². The molecule has 0 radical (unpaired) electrons. The monoisotopic (exact) mass is 679 g/mol. The van der Waals surface area contributed by atoms with Gasteiger partial charge in [0.15, 0.2) is 12.1 Å². The van der Waals surface area contributed by atoms with E-state index < -0.39 is 76.3 Å². The molecule has 1 heterocycles. The first-order valence-electron chi connectivity index (χ1n) is 15.2. The first kappa shape index (κ1) is 33.5. The first-order chi connectivity index (χ1) is 22.7. The van der Waals surface area contributed by atoms with Crippen LogP contribution in [0.4, 0.5) is 0 Å². The lowest BCUT2D eigenvalue weighted by Crippen LogP contribution is -2.52. The van der Waals surface area contributed by atoms with E-state index in [1.165, 1.54) is 56.5 Å². The number of nitrogens with zero attached hydrogens (tertiary/aromatic N) is 1. The Morgan fingerprint density at radius 3 is 2.44 bits per heavy atom. The number of phenolic OH excluding ortho intramolecular Hbond substituents is 2. The summed E-state index contributed by atoms with van der Waals surface area (Å²) in [7, 11) is 1.34. The van der Waals surface area contributed by atoms with Crippen molar-refractivity contribution in [2.45, 2.75) is 69.4 Å². The number of amides is 1. The summed E-state index contributed by atoms with van der Waals surface area (Å²) < 4.78 is 17.5. The van der Waals surface area contributed by atoms with E-state index in [9.17, 15) is 34.8 Å². The van der Waals surface area contributed by atoms with E-state index in [4.69, 9.17) is 31.5 Å². The standard InChI is InChI=1S/C34H34ClN3O10/c1-14-28(39)20(36)11-23(47-14)48-22-13-34(45,15(2)37-38-33(44)16-7-9-17(35)10-8-16)12-19-25(22)32(43)27-26(30(19)41)29(40)18-5-4-6-21(46-3)24(18)31(27)42/h4-10,14,20,22-23,28,39,41,43,45H,11-13,36H2,1-3H3,(H,38,44)/b37-15+/t14-,20-,22-,23-,28+,34-/m0/s1. The van der Waals surface area contributed by atoms with Gasteiger partial charge in [-0.05, 0) is 44.2 Å². The summed E-state index contributed by atoms with van der Waals surface area (Å²) in [6.45, 7) is 3.07. The number of fused-ring (bicyclic) bond motifs is 3.